The molecular weight excluding hydrogens is 337 g/mol. The summed E-state index contributed by atoms with van der Waals surface area (Å²) < 4.78 is 17.3. The second-order valence-electron chi connectivity index (χ2n) is 4.83. The molecule has 0 bridgehead atoms. The molecule has 0 spiro atoms. The molecule has 2 nitrogen and oxygen atoms in total. The molecule has 0 fully saturated rings. The van der Waals surface area contributed by atoms with Crippen molar-refractivity contribution >= 4 is 0 Å². The molecule has 0 radical (unpaired) electrons. The van der Waals surface area contributed by atoms with E-state index >= 15 is 0 Å². The quantitative estimate of drug-likeness (QED) is 0.372. The molecule has 1 atom stereocenters. The van der Waals surface area contributed by atoms with Gasteiger partial charge in [0.2, 0.25) is 0 Å². The zero-order valence-corrected chi connectivity index (χ0v) is 19.2. The van der Waals surface area contributed by atoms with Crippen molar-refractivity contribution in [1.29, 1.82) is 0 Å². The van der Waals surface area contributed by atoms with E-state index in [-0.39, 0.29) is 5.82 Å². The number of ether oxygens (including phenoxy) is 1. The Labute approximate surface area is 169 Å². The van der Waals surface area contributed by atoms with E-state index in [2.05, 4.69) is 13.5 Å². The largest absolute Gasteiger partial charge is 0.381 e. The minimum absolute atomic E-state index is 0.160. The van der Waals surface area contributed by atoms with E-state index in [9.17, 15) is 4.39 Å². The Balaban J connectivity index is -0.000000172. The van der Waals surface area contributed by atoms with E-state index < -0.39 is 0 Å². The van der Waals surface area contributed by atoms with Crippen molar-refractivity contribution in [3.8, 4) is 0 Å². The predicted molar refractivity (Wildman–Crippen MR) is 123 cm³/mol. The van der Waals surface area contributed by atoms with Crippen LogP contribution in [-0.4, -0.2) is 20.3 Å². The highest BCUT2D eigenvalue weighted by molar-refractivity contribution is 5.19. The third kappa shape index (κ3) is 26.9. The number of hydrogen-bond donors (Lipinski definition) is 1. The highest BCUT2D eigenvalue weighted by Crippen LogP contribution is 2.21. The summed E-state index contributed by atoms with van der Waals surface area (Å²) in [5, 5.41) is 0. The van der Waals surface area contributed by atoms with Crippen LogP contribution < -0.4 is 5.73 Å². The van der Waals surface area contributed by atoms with E-state index in [1.165, 1.54) is 17.7 Å². The molecule has 0 amide bonds. The van der Waals surface area contributed by atoms with Crippen LogP contribution in [-0.2, 0) is 4.74 Å². The Morgan fingerprint density at radius 1 is 1.04 bits per heavy atom. The number of rotatable bonds is 8. The third-order valence-electron chi connectivity index (χ3n) is 3.05. The molecule has 0 saturated heterocycles. The van der Waals surface area contributed by atoms with E-state index in [1.807, 2.05) is 71.9 Å². The molecule has 0 aromatic heterocycles. The van der Waals surface area contributed by atoms with Crippen LogP contribution in [0.25, 0.3) is 0 Å². The van der Waals surface area contributed by atoms with Crippen molar-refractivity contribution in [3.05, 3.63) is 60.5 Å². The number of allylic oxidation sites excluding steroid dienone is 1. The van der Waals surface area contributed by atoms with Crippen molar-refractivity contribution in [1.82, 2.24) is 0 Å². The normalized spacial score (nSPS) is 9.85. The molecule has 27 heavy (non-hydrogen) atoms. The average molecular weight is 384 g/mol. The molecule has 0 aliphatic heterocycles. The van der Waals surface area contributed by atoms with Crippen LogP contribution in [0.2, 0.25) is 0 Å². The fourth-order valence-corrected chi connectivity index (χ4v) is 1.79. The second kappa shape index (κ2) is 32.2. The maximum atomic E-state index is 12.6. The summed E-state index contributed by atoms with van der Waals surface area (Å²) in [7, 11) is 1.65. The van der Waals surface area contributed by atoms with Gasteiger partial charge in [-0.1, -0.05) is 78.8 Å². The maximum Gasteiger partial charge on any atom is 0.123 e. The summed E-state index contributed by atoms with van der Waals surface area (Å²) >= 11 is 0. The zero-order chi connectivity index (χ0) is 21.9. The Morgan fingerprint density at radius 3 is 1.96 bits per heavy atom. The molecule has 2 N–H and O–H groups in total. The molecule has 0 saturated carbocycles. The minimum atomic E-state index is -0.160. The van der Waals surface area contributed by atoms with Crippen molar-refractivity contribution in [2.75, 3.05) is 20.3 Å². The monoisotopic (exact) mass is 383 g/mol. The summed E-state index contributed by atoms with van der Waals surface area (Å²) in [5.74, 6) is 0.350. The summed E-state index contributed by atoms with van der Waals surface area (Å²) in [6, 6.07) is 6.79. The lowest BCUT2D eigenvalue weighted by atomic mass is 9.95. The Bertz CT molecular complexity index is 388. The smallest absolute Gasteiger partial charge is 0.123 e. The van der Waals surface area contributed by atoms with E-state index in [0.29, 0.717) is 19.1 Å². The van der Waals surface area contributed by atoms with Crippen LogP contribution in [0.4, 0.5) is 4.39 Å². The van der Waals surface area contributed by atoms with Crippen LogP contribution in [0.15, 0.2) is 49.1 Å². The first-order chi connectivity index (χ1) is 13.2. The lowest BCUT2D eigenvalue weighted by Gasteiger charge is -2.10. The molecule has 1 unspecified atom stereocenters. The van der Waals surface area contributed by atoms with Crippen molar-refractivity contribution in [3.63, 3.8) is 0 Å². The zero-order valence-electron chi connectivity index (χ0n) is 19.2. The van der Waals surface area contributed by atoms with E-state index in [0.717, 1.165) is 19.3 Å². The van der Waals surface area contributed by atoms with Gasteiger partial charge in [-0.2, -0.15) is 0 Å². The van der Waals surface area contributed by atoms with Gasteiger partial charge in [-0.05, 0) is 42.9 Å². The van der Waals surface area contributed by atoms with Gasteiger partial charge >= 0.3 is 0 Å². The number of methoxy groups -OCH3 is 1. The molecule has 160 valence electrons. The highest BCUT2D eigenvalue weighted by atomic mass is 19.1. The summed E-state index contributed by atoms with van der Waals surface area (Å²) in [5.41, 5.74) is 6.34. The Hall–Kier alpha value is -1.45. The van der Waals surface area contributed by atoms with Gasteiger partial charge in [0.1, 0.15) is 5.82 Å². The number of benzene rings is 1. The Morgan fingerprint density at radius 2 is 1.56 bits per heavy atom. The summed E-state index contributed by atoms with van der Waals surface area (Å²) in [6.07, 6.45) is 9.05. The first-order valence-corrected chi connectivity index (χ1v) is 10.4. The lowest BCUT2D eigenvalue weighted by molar-refractivity contribution is 0.233. The van der Waals surface area contributed by atoms with Gasteiger partial charge in [-0.3, -0.25) is 0 Å². The second-order valence-corrected chi connectivity index (χ2v) is 4.83. The van der Waals surface area contributed by atoms with Gasteiger partial charge in [0.25, 0.3) is 0 Å². The van der Waals surface area contributed by atoms with Crippen LogP contribution in [0.1, 0.15) is 79.2 Å². The molecule has 0 heterocycles. The standard InChI is InChI=1S/C13H17F.C5H11NO.3C2H6/c1-3-4-5-6-11(2)12-7-9-13(14)10-8-12;1-7-5-3-2-4-6;3*1-2/h3,7-11H,1,4-6H2,2H3;2-3H,4-6H2,1H3;3*1-2H3/b;3-2+;;;. The van der Waals surface area contributed by atoms with Crippen LogP contribution >= 0.6 is 0 Å². The predicted octanol–water partition coefficient (Wildman–Crippen LogP) is 7.51. The fraction of sp³-hybridized carbons (Fsp3) is 0.583. The van der Waals surface area contributed by atoms with Gasteiger partial charge in [0, 0.05) is 13.7 Å². The molecule has 0 aliphatic carbocycles. The van der Waals surface area contributed by atoms with Crippen molar-refractivity contribution in [2.45, 2.75) is 73.6 Å². The van der Waals surface area contributed by atoms with Crippen molar-refractivity contribution in [2.24, 2.45) is 5.73 Å². The van der Waals surface area contributed by atoms with E-state index in [4.69, 9.17) is 10.5 Å². The molecular formula is C24H46FNO. The Kier molecular flexibility index (Phi) is 39.6. The number of hydrogen-bond acceptors (Lipinski definition) is 2. The molecule has 3 heteroatoms. The number of halogens is 1. The maximum absolute atomic E-state index is 12.6. The lowest BCUT2D eigenvalue weighted by Crippen LogP contribution is -1.93. The fourth-order valence-electron chi connectivity index (χ4n) is 1.79. The van der Waals surface area contributed by atoms with Gasteiger partial charge in [-0.15, -0.1) is 6.58 Å². The first kappa shape index (κ1) is 33.2. The van der Waals surface area contributed by atoms with Gasteiger partial charge in [-0.25, -0.2) is 4.39 Å². The highest BCUT2D eigenvalue weighted by Gasteiger charge is 2.04. The molecule has 1 aromatic rings. The molecule has 1 aromatic carbocycles. The summed E-state index contributed by atoms with van der Waals surface area (Å²) in [6.45, 7) is 19.1. The first-order valence-electron chi connectivity index (χ1n) is 10.4. The minimum Gasteiger partial charge on any atom is -0.381 e. The van der Waals surface area contributed by atoms with Crippen LogP contribution in [0.5, 0.6) is 0 Å². The number of unbranched alkanes of at least 4 members (excludes halogenated alkanes) is 1. The van der Waals surface area contributed by atoms with Crippen LogP contribution in [0, 0.1) is 5.82 Å². The van der Waals surface area contributed by atoms with Gasteiger partial charge in [0.15, 0.2) is 0 Å². The average Bonchev–Trinajstić information content (AvgIpc) is 2.74. The molecule has 1 rings (SSSR count). The third-order valence-corrected chi connectivity index (χ3v) is 3.05. The molecule has 0 aliphatic rings. The van der Waals surface area contributed by atoms with E-state index in [1.54, 1.807) is 7.11 Å². The SMILES string of the molecule is C=CCCCC(C)c1ccc(F)cc1.CC.CC.CC.COC/C=C/CN. The van der Waals surface area contributed by atoms with Crippen LogP contribution in [0.3, 0.4) is 0 Å². The topological polar surface area (TPSA) is 35.2 Å². The van der Waals surface area contributed by atoms with Gasteiger partial charge < -0.3 is 10.5 Å². The van der Waals surface area contributed by atoms with Gasteiger partial charge in [0.05, 0.1) is 6.61 Å². The summed E-state index contributed by atoms with van der Waals surface area (Å²) in [4.78, 5) is 0. The van der Waals surface area contributed by atoms with Crippen molar-refractivity contribution < 1.29 is 9.13 Å². The number of nitrogens with two attached hydrogens (primary N) is 1.